The minimum absolute atomic E-state index is 0.0336. The van der Waals surface area contributed by atoms with Gasteiger partial charge in [0.2, 0.25) is 0 Å². The molecule has 0 spiro atoms. The first-order chi connectivity index (χ1) is 14.8. The highest BCUT2D eigenvalue weighted by Crippen LogP contribution is 2.36. The van der Waals surface area contributed by atoms with E-state index in [2.05, 4.69) is 6.07 Å². The molecule has 1 fully saturated rings. The molecule has 0 bridgehead atoms. The number of anilines is 1. The van der Waals surface area contributed by atoms with Crippen LogP contribution in [0.15, 0.2) is 36.4 Å². The molecule has 1 aliphatic rings. The van der Waals surface area contributed by atoms with Crippen LogP contribution >= 0.6 is 0 Å². The number of hydrogen-bond donors (Lipinski definition) is 1. The molecular weight excluding hydrogens is 414 g/mol. The van der Waals surface area contributed by atoms with Crippen molar-refractivity contribution in [3.05, 3.63) is 53.1 Å². The first kappa shape index (κ1) is 23.4. The molecule has 0 unspecified atom stereocenters. The minimum Gasteiger partial charge on any atom is -0.493 e. The third kappa shape index (κ3) is 6.14. The van der Waals surface area contributed by atoms with E-state index in [4.69, 9.17) is 19.9 Å². The number of hydrogen-bond acceptors (Lipinski definition) is 6. The number of benzene rings is 2. The van der Waals surface area contributed by atoms with Gasteiger partial charge in [0, 0.05) is 31.1 Å². The quantitative estimate of drug-likeness (QED) is 0.586. The zero-order chi connectivity index (χ0) is 22.4. The van der Waals surface area contributed by atoms with E-state index in [1.165, 1.54) is 6.26 Å². The van der Waals surface area contributed by atoms with Crippen molar-refractivity contribution < 1.29 is 22.6 Å². The van der Waals surface area contributed by atoms with Gasteiger partial charge in [0.1, 0.15) is 9.84 Å². The van der Waals surface area contributed by atoms with Gasteiger partial charge >= 0.3 is 0 Å². The highest BCUT2D eigenvalue weighted by Gasteiger charge is 2.24. The number of methoxy groups -OCH3 is 1. The van der Waals surface area contributed by atoms with Crippen molar-refractivity contribution in [2.45, 2.75) is 38.0 Å². The van der Waals surface area contributed by atoms with Crippen molar-refractivity contribution in [2.75, 3.05) is 44.7 Å². The second-order valence-electron chi connectivity index (χ2n) is 8.14. The van der Waals surface area contributed by atoms with Crippen LogP contribution in [-0.4, -0.2) is 47.4 Å². The molecule has 1 heterocycles. The summed E-state index contributed by atoms with van der Waals surface area (Å²) in [5.41, 5.74) is 10.4. The van der Waals surface area contributed by atoms with Gasteiger partial charge in [-0.3, -0.25) is 0 Å². The van der Waals surface area contributed by atoms with E-state index in [9.17, 15) is 8.42 Å². The lowest BCUT2D eigenvalue weighted by Gasteiger charge is -2.25. The smallest absolute Gasteiger partial charge is 0.161 e. The molecule has 2 N–H and O–H groups in total. The maximum absolute atomic E-state index is 12.2. The Labute approximate surface area is 185 Å². The number of nitrogen functional groups attached to an aromatic ring is 1. The highest BCUT2D eigenvalue weighted by atomic mass is 32.2. The van der Waals surface area contributed by atoms with Crippen LogP contribution in [0.1, 0.15) is 48.3 Å². The average molecular weight is 448 g/mol. The number of rotatable bonds is 9. The van der Waals surface area contributed by atoms with E-state index in [-0.39, 0.29) is 11.7 Å². The van der Waals surface area contributed by atoms with Gasteiger partial charge in [-0.05, 0) is 60.9 Å². The Kier molecular flexibility index (Phi) is 7.84. The molecule has 1 saturated heterocycles. The van der Waals surface area contributed by atoms with Crippen LogP contribution in [0.4, 0.5) is 5.69 Å². The molecule has 0 aliphatic carbocycles. The Bertz CT molecular complexity index is 983. The van der Waals surface area contributed by atoms with E-state index in [0.717, 1.165) is 48.4 Å². The predicted octanol–water partition coefficient (Wildman–Crippen LogP) is 3.94. The molecule has 7 heteroatoms. The summed E-state index contributed by atoms with van der Waals surface area (Å²) in [4.78, 5) is 0. The van der Waals surface area contributed by atoms with Crippen molar-refractivity contribution in [1.29, 1.82) is 0 Å². The van der Waals surface area contributed by atoms with Crippen LogP contribution in [0.3, 0.4) is 0 Å². The lowest BCUT2D eigenvalue weighted by Crippen LogP contribution is -2.18. The first-order valence-corrected chi connectivity index (χ1v) is 12.8. The summed E-state index contributed by atoms with van der Waals surface area (Å²) in [6.45, 7) is 3.90. The standard InChI is InChI=1S/C24H33NO5S/c1-4-30-23-15-18(8-9-22(23)28-2)20(16-31(3,26)27)14-19-6-5-7-21(24(19)25)17-10-12-29-13-11-17/h5-9,15,17,20H,4,10-14,16,25H2,1-3H3/t20-/m1/s1. The van der Waals surface area contributed by atoms with Crippen molar-refractivity contribution in [3.63, 3.8) is 0 Å². The zero-order valence-corrected chi connectivity index (χ0v) is 19.4. The van der Waals surface area contributed by atoms with Crippen molar-refractivity contribution >= 4 is 15.5 Å². The topological polar surface area (TPSA) is 87.9 Å². The summed E-state index contributed by atoms with van der Waals surface area (Å²) in [5.74, 6) is 1.42. The van der Waals surface area contributed by atoms with E-state index >= 15 is 0 Å². The fourth-order valence-electron chi connectivity index (χ4n) is 4.29. The third-order valence-corrected chi connectivity index (χ3v) is 6.83. The Morgan fingerprint density at radius 1 is 1.16 bits per heavy atom. The van der Waals surface area contributed by atoms with Crippen LogP contribution in [0.5, 0.6) is 11.5 Å². The Morgan fingerprint density at radius 2 is 1.90 bits per heavy atom. The molecule has 2 aromatic carbocycles. The molecule has 0 aromatic heterocycles. The molecule has 0 radical (unpaired) electrons. The maximum Gasteiger partial charge on any atom is 0.161 e. The van der Waals surface area contributed by atoms with Gasteiger partial charge in [0.25, 0.3) is 0 Å². The molecule has 2 aromatic rings. The van der Waals surface area contributed by atoms with Gasteiger partial charge < -0.3 is 19.9 Å². The molecule has 6 nitrogen and oxygen atoms in total. The predicted molar refractivity (Wildman–Crippen MR) is 124 cm³/mol. The lowest BCUT2D eigenvalue weighted by molar-refractivity contribution is 0.0854. The first-order valence-electron chi connectivity index (χ1n) is 10.8. The Hall–Kier alpha value is -2.25. The summed E-state index contributed by atoms with van der Waals surface area (Å²) in [7, 11) is -1.61. The van der Waals surface area contributed by atoms with Crippen LogP contribution < -0.4 is 15.2 Å². The molecule has 31 heavy (non-hydrogen) atoms. The monoisotopic (exact) mass is 447 g/mol. The van der Waals surface area contributed by atoms with Crippen molar-refractivity contribution in [3.8, 4) is 11.5 Å². The molecule has 1 aliphatic heterocycles. The second-order valence-corrected chi connectivity index (χ2v) is 10.3. The van der Waals surface area contributed by atoms with E-state index < -0.39 is 9.84 Å². The van der Waals surface area contributed by atoms with Crippen LogP contribution in [0.2, 0.25) is 0 Å². The van der Waals surface area contributed by atoms with Gasteiger partial charge in [-0.25, -0.2) is 8.42 Å². The number of ether oxygens (including phenoxy) is 3. The summed E-state index contributed by atoms with van der Waals surface area (Å²) < 4.78 is 41.1. The highest BCUT2D eigenvalue weighted by molar-refractivity contribution is 7.90. The third-order valence-electron chi connectivity index (χ3n) is 5.82. The Morgan fingerprint density at radius 3 is 2.55 bits per heavy atom. The summed E-state index contributed by atoms with van der Waals surface area (Å²) in [6.07, 6.45) is 3.72. The van der Waals surface area contributed by atoms with Crippen LogP contribution in [0.25, 0.3) is 0 Å². The summed E-state index contributed by atoms with van der Waals surface area (Å²) in [6, 6.07) is 11.7. The summed E-state index contributed by atoms with van der Waals surface area (Å²) >= 11 is 0. The lowest BCUT2D eigenvalue weighted by atomic mass is 9.86. The second kappa shape index (κ2) is 10.4. The average Bonchev–Trinajstić information content (AvgIpc) is 2.74. The fourth-order valence-corrected chi connectivity index (χ4v) is 5.34. The van der Waals surface area contributed by atoms with Gasteiger partial charge in [-0.1, -0.05) is 24.3 Å². The normalized spacial score (nSPS) is 16.1. The van der Waals surface area contributed by atoms with Crippen molar-refractivity contribution in [2.24, 2.45) is 0 Å². The van der Waals surface area contributed by atoms with E-state index in [1.807, 2.05) is 37.3 Å². The number of para-hydroxylation sites is 1. The largest absolute Gasteiger partial charge is 0.493 e. The SMILES string of the molecule is CCOc1cc([C@H](Cc2cccc(C3CCOCC3)c2N)CS(C)(=O)=O)ccc1OC. The van der Waals surface area contributed by atoms with Gasteiger partial charge in [0.05, 0.1) is 19.5 Å². The molecule has 1 atom stereocenters. The van der Waals surface area contributed by atoms with Gasteiger partial charge in [-0.2, -0.15) is 0 Å². The molecule has 170 valence electrons. The zero-order valence-electron chi connectivity index (χ0n) is 18.6. The number of sulfone groups is 1. The van der Waals surface area contributed by atoms with Crippen LogP contribution in [-0.2, 0) is 21.0 Å². The Balaban J connectivity index is 1.95. The fraction of sp³-hybridized carbons (Fsp3) is 0.500. The minimum atomic E-state index is -3.21. The molecule has 3 rings (SSSR count). The maximum atomic E-state index is 12.2. The van der Waals surface area contributed by atoms with E-state index in [0.29, 0.717) is 30.4 Å². The number of nitrogens with two attached hydrogens (primary N) is 1. The van der Waals surface area contributed by atoms with Gasteiger partial charge in [0.15, 0.2) is 11.5 Å². The van der Waals surface area contributed by atoms with E-state index in [1.54, 1.807) is 7.11 Å². The van der Waals surface area contributed by atoms with Gasteiger partial charge in [-0.15, -0.1) is 0 Å². The molecule has 0 saturated carbocycles. The van der Waals surface area contributed by atoms with Crippen LogP contribution in [0, 0.1) is 0 Å². The molecular formula is C24H33NO5S. The van der Waals surface area contributed by atoms with Crippen molar-refractivity contribution in [1.82, 2.24) is 0 Å². The molecule has 0 amide bonds. The summed E-state index contributed by atoms with van der Waals surface area (Å²) in [5, 5.41) is 0.